The molecule has 0 N–H and O–H groups in total. The van der Waals surface area contributed by atoms with Crippen LogP contribution in [0.15, 0.2) is 18.2 Å². The number of Topliss-reactive ketones (excluding diaryl/α,β-unsaturated/α-hetero) is 1. The van der Waals surface area contributed by atoms with Crippen LogP contribution in [-0.4, -0.2) is 30.3 Å². The van der Waals surface area contributed by atoms with Crippen molar-refractivity contribution < 1.29 is 13.6 Å². The summed E-state index contributed by atoms with van der Waals surface area (Å²) in [6, 6.07) is 3.01. The van der Waals surface area contributed by atoms with Crippen LogP contribution in [0.1, 0.15) is 30.6 Å². The van der Waals surface area contributed by atoms with E-state index < -0.39 is 11.6 Å². The normalized spacial score (nSPS) is 24.4. The summed E-state index contributed by atoms with van der Waals surface area (Å²) >= 11 is 0. The second kappa shape index (κ2) is 5.78. The highest BCUT2D eigenvalue weighted by atomic mass is 19.1. The van der Waals surface area contributed by atoms with Crippen molar-refractivity contribution in [3.63, 3.8) is 0 Å². The molecule has 0 aliphatic carbocycles. The predicted molar refractivity (Wildman–Crippen MR) is 70.1 cm³/mol. The van der Waals surface area contributed by atoms with Crippen LogP contribution in [-0.2, 0) is 0 Å². The second-order valence-electron chi connectivity index (χ2n) is 5.53. The summed E-state index contributed by atoms with van der Waals surface area (Å²) < 4.78 is 26.6. The van der Waals surface area contributed by atoms with Gasteiger partial charge in [-0.2, -0.15) is 0 Å². The smallest absolute Gasteiger partial charge is 0.179 e. The number of carbonyl (C=O) groups excluding carboxylic acids is 1. The summed E-state index contributed by atoms with van der Waals surface area (Å²) in [6.07, 6.45) is 1.04. The molecule has 0 aromatic heterocycles. The highest BCUT2D eigenvalue weighted by molar-refractivity contribution is 5.97. The van der Waals surface area contributed by atoms with Gasteiger partial charge < -0.3 is 0 Å². The molecular formula is C15H19F2NO. The van der Waals surface area contributed by atoms with Crippen LogP contribution in [0.3, 0.4) is 0 Å². The number of piperidine rings is 1. The summed E-state index contributed by atoms with van der Waals surface area (Å²) in [5.41, 5.74) is -0.147. The maximum Gasteiger partial charge on any atom is 0.179 e. The van der Waals surface area contributed by atoms with Crippen molar-refractivity contribution in [1.82, 2.24) is 4.90 Å². The Morgan fingerprint density at radius 2 is 2.05 bits per heavy atom. The zero-order valence-electron chi connectivity index (χ0n) is 11.3. The van der Waals surface area contributed by atoms with Gasteiger partial charge in [-0.05, 0) is 43.0 Å². The van der Waals surface area contributed by atoms with Crippen LogP contribution in [0.25, 0.3) is 0 Å². The minimum atomic E-state index is -0.648. The second-order valence-corrected chi connectivity index (χ2v) is 5.53. The number of carbonyl (C=O) groups is 1. The van der Waals surface area contributed by atoms with Crippen molar-refractivity contribution in [1.29, 1.82) is 0 Å². The Kier molecular flexibility index (Phi) is 4.30. The maximum absolute atomic E-state index is 13.5. The van der Waals surface area contributed by atoms with Crippen molar-refractivity contribution in [2.24, 2.45) is 11.8 Å². The van der Waals surface area contributed by atoms with E-state index in [0.29, 0.717) is 11.8 Å². The van der Waals surface area contributed by atoms with E-state index in [4.69, 9.17) is 0 Å². The molecule has 0 radical (unpaired) electrons. The summed E-state index contributed by atoms with van der Waals surface area (Å²) in [5, 5.41) is 0. The molecule has 1 aromatic rings. The number of nitrogens with zero attached hydrogens (tertiary/aromatic N) is 1. The Hall–Kier alpha value is -1.29. The van der Waals surface area contributed by atoms with E-state index in [9.17, 15) is 13.6 Å². The van der Waals surface area contributed by atoms with Gasteiger partial charge in [-0.1, -0.05) is 13.8 Å². The van der Waals surface area contributed by atoms with E-state index in [1.54, 1.807) is 0 Å². The van der Waals surface area contributed by atoms with Crippen LogP contribution in [0.2, 0.25) is 0 Å². The molecule has 2 rings (SSSR count). The number of hydrogen-bond acceptors (Lipinski definition) is 2. The fourth-order valence-corrected chi connectivity index (χ4v) is 2.49. The lowest BCUT2D eigenvalue weighted by molar-refractivity contribution is 0.0845. The van der Waals surface area contributed by atoms with E-state index in [0.717, 1.165) is 37.7 Å². The third-order valence-electron chi connectivity index (χ3n) is 4.01. The number of halogens is 2. The molecule has 2 unspecified atom stereocenters. The standard InChI is InChI=1S/C15H19F2NO/c1-10-5-6-18(8-11(10)2)9-15(19)13-7-12(16)3-4-14(13)17/h3-4,7,10-11H,5-6,8-9H2,1-2H3. The van der Waals surface area contributed by atoms with Crippen LogP contribution in [0.5, 0.6) is 0 Å². The van der Waals surface area contributed by atoms with E-state index in [2.05, 4.69) is 13.8 Å². The number of likely N-dealkylation sites (tertiary alicyclic amines) is 1. The molecule has 0 spiro atoms. The average Bonchev–Trinajstić information content (AvgIpc) is 2.36. The molecule has 1 aromatic carbocycles. The molecule has 4 heteroatoms. The molecule has 0 amide bonds. The van der Waals surface area contributed by atoms with E-state index in [1.807, 2.05) is 4.90 Å². The van der Waals surface area contributed by atoms with E-state index >= 15 is 0 Å². The summed E-state index contributed by atoms with van der Waals surface area (Å²) in [5.74, 6) is -0.398. The lowest BCUT2D eigenvalue weighted by atomic mass is 9.88. The average molecular weight is 267 g/mol. The Balaban J connectivity index is 2.03. The monoisotopic (exact) mass is 267 g/mol. The Morgan fingerprint density at radius 1 is 1.32 bits per heavy atom. The van der Waals surface area contributed by atoms with Crippen LogP contribution < -0.4 is 0 Å². The number of rotatable bonds is 3. The molecule has 1 aliphatic rings. The molecule has 0 saturated carbocycles. The Morgan fingerprint density at radius 3 is 2.74 bits per heavy atom. The quantitative estimate of drug-likeness (QED) is 0.784. The van der Waals surface area contributed by atoms with Gasteiger partial charge in [0.25, 0.3) is 0 Å². The predicted octanol–water partition coefficient (Wildman–Crippen LogP) is 3.13. The summed E-state index contributed by atoms with van der Waals surface area (Å²) in [7, 11) is 0. The van der Waals surface area contributed by atoms with Crippen molar-refractivity contribution >= 4 is 5.78 Å². The maximum atomic E-state index is 13.5. The molecule has 0 bridgehead atoms. The van der Waals surface area contributed by atoms with E-state index in [1.165, 1.54) is 0 Å². The third kappa shape index (κ3) is 3.38. The van der Waals surface area contributed by atoms with Crippen LogP contribution in [0.4, 0.5) is 8.78 Å². The Labute approximate surface area is 112 Å². The molecule has 19 heavy (non-hydrogen) atoms. The van der Waals surface area contributed by atoms with Gasteiger partial charge in [-0.25, -0.2) is 8.78 Å². The number of ketones is 1. The highest BCUT2D eigenvalue weighted by Crippen LogP contribution is 2.22. The van der Waals surface area contributed by atoms with Crippen molar-refractivity contribution in [3.05, 3.63) is 35.4 Å². The van der Waals surface area contributed by atoms with Gasteiger partial charge >= 0.3 is 0 Å². The molecule has 1 fully saturated rings. The van der Waals surface area contributed by atoms with Crippen LogP contribution in [0, 0.1) is 23.5 Å². The van der Waals surface area contributed by atoms with Gasteiger partial charge in [0.05, 0.1) is 12.1 Å². The lowest BCUT2D eigenvalue weighted by Crippen LogP contribution is -2.41. The lowest BCUT2D eigenvalue weighted by Gasteiger charge is -2.34. The first-order valence-corrected chi connectivity index (χ1v) is 6.68. The summed E-state index contributed by atoms with van der Waals surface area (Å²) in [4.78, 5) is 14.1. The first-order valence-electron chi connectivity index (χ1n) is 6.68. The first-order chi connectivity index (χ1) is 8.97. The topological polar surface area (TPSA) is 20.3 Å². The minimum absolute atomic E-state index is 0.147. The number of hydrogen-bond donors (Lipinski definition) is 0. The van der Waals surface area contributed by atoms with Gasteiger partial charge in [0.15, 0.2) is 5.78 Å². The minimum Gasteiger partial charge on any atom is -0.296 e. The fourth-order valence-electron chi connectivity index (χ4n) is 2.49. The molecule has 104 valence electrons. The molecule has 1 heterocycles. The van der Waals surface area contributed by atoms with Gasteiger partial charge in [0.1, 0.15) is 11.6 Å². The Bertz CT molecular complexity index is 475. The zero-order valence-corrected chi connectivity index (χ0v) is 11.3. The number of benzene rings is 1. The van der Waals surface area contributed by atoms with Gasteiger partial charge in [-0.15, -0.1) is 0 Å². The fraction of sp³-hybridized carbons (Fsp3) is 0.533. The third-order valence-corrected chi connectivity index (χ3v) is 4.01. The van der Waals surface area contributed by atoms with E-state index in [-0.39, 0.29) is 17.9 Å². The van der Waals surface area contributed by atoms with Gasteiger partial charge in [0, 0.05) is 6.54 Å². The molecule has 2 atom stereocenters. The zero-order chi connectivity index (χ0) is 14.0. The molecule has 1 saturated heterocycles. The largest absolute Gasteiger partial charge is 0.296 e. The first kappa shape index (κ1) is 14.1. The SMILES string of the molecule is CC1CCN(CC(=O)c2cc(F)ccc2F)CC1C. The van der Waals surface area contributed by atoms with Crippen molar-refractivity contribution in [2.75, 3.05) is 19.6 Å². The van der Waals surface area contributed by atoms with Gasteiger partial charge in [-0.3, -0.25) is 9.69 Å². The summed E-state index contributed by atoms with van der Waals surface area (Å²) in [6.45, 7) is 6.20. The molecule has 2 nitrogen and oxygen atoms in total. The van der Waals surface area contributed by atoms with Crippen LogP contribution >= 0.6 is 0 Å². The van der Waals surface area contributed by atoms with Crippen molar-refractivity contribution in [2.45, 2.75) is 20.3 Å². The van der Waals surface area contributed by atoms with Crippen molar-refractivity contribution in [3.8, 4) is 0 Å². The van der Waals surface area contributed by atoms with Gasteiger partial charge in [0.2, 0.25) is 0 Å². The molecular weight excluding hydrogens is 248 g/mol. The molecule has 1 aliphatic heterocycles. The highest BCUT2D eigenvalue weighted by Gasteiger charge is 2.25.